The van der Waals surface area contributed by atoms with Crippen LogP contribution >= 0.6 is 0 Å². The van der Waals surface area contributed by atoms with Gasteiger partial charge in [-0.25, -0.2) is 0 Å². The van der Waals surface area contributed by atoms with Crippen molar-refractivity contribution in [1.29, 1.82) is 0 Å². The maximum Gasteiger partial charge on any atom is 0.273 e. The van der Waals surface area contributed by atoms with Crippen LogP contribution in [0, 0.1) is 10.1 Å². The average Bonchev–Trinajstić information content (AvgIpc) is 2.68. The molecule has 1 aromatic carbocycles. The van der Waals surface area contributed by atoms with Gasteiger partial charge in [0.05, 0.1) is 22.3 Å². The number of ether oxygens (including phenoxy) is 1. The lowest BCUT2D eigenvalue weighted by Gasteiger charge is -2.30. The lowest BCUT2D eigenvalue weighted by Crippen LogP contribution is -2.41. The minimum absolute atomic E-state index is 0.00637. The van der Waals surface area contributed by atoms with E-state index in [-0.39, 0.29) is 17.3 Å². The Bertz CT molecular complexity index is 494. The van der Waals surface area contributed by atoms with E-state index >= 15 is 0 Å². The van der Waals surface area contributed by atoms with Gasteiger partial charge < -0.3 is 15.5 Å². The van der Waals surface area contributed by atoms with Gasteiger partial charge in [0.25, 0.3) is 5.69 Å². The molecule has 104 valence electrons. The number of rotatable bonds is 4. The van der Waals surface area contributed by atoms with Crippen LogP contribution in [0.5, 0.6) is 0 Å². The van der Waals surface area contributed by atoms with E-state index in [0.29, 0.717) is 18.0 Å². The van der Waals surface area contributed by atoms with E-state index in [1.165, 1.54) is 12.1 Å². The number of nitro groups is 1. The van der Waals surface area contributed by atoms with E-state index < -0.39 is 4.92 Å². The van der Waals surface area contributed by atoms with Crippen LogP contribution in [-0.4, -0.2) is 23.2 Å². The molecule has 1 fully saturated rings. The van der Waals surface area contributed by atoms with E-state index in [1.54, 1.807) is 6.07 Å². The highest BCUT2D eigenvalue weighted by atomic mass is 16.6. The van der Waals surface area contributed by atoms with Gasteiger partial charge in [0, 0.05) is 24.4 Å². The van der Waals surface area contributed by atoms with Crippen molar-refractivity contribution < 1.29 is 9.66 Å². The molecule has 1 aliphatic heterocycles. The summed E-state index contributed by atoms with van der Waals surface area (Å²) < 4.78 is 5.54. The Morgan fingerprint density at radius 2 is 2.16 bits per heavy atom. The summed E-state index contributed by atoms with van der Waals surface area (Å²) in [5.41, 5.74) is 3.34. The molecule has 0 spiro atoms. The van der Waals surface area contributed by atoms with Crippen molar-refractivity contribution in [2.24, 2.45) is 5.84 Å². The molecule has 1 heterocycles. The molecule has 0 saturated carbocycles. The molecule has 0 radical (unpaired) electrons. The summed E-state index contributed by atoms with van der Waals surface area (Å²) in [5, 5.41) is 14.2. The van der Waals surface area contributed by atoms with Crippen molar-refractivity contribution in [3.63, 3.8) is 0 Å². The SMILES string of the molecule is CC1OCCC1(C)Nc1cc(NN)cc([N+](=O)[O-])c1. The fraction of sp³-hybridized carbons (Fsp3) is 0.500. The minimum atomic E-state index is -0.442. The predicted molar refractivity (Wildman–Crippen MR) is 73.0 cm³/mol. The summed E-state index contributed by atoms with van der Waals surface area (Å²) >= 11 is 0. The summed E-state index contributed by atoms with van der Waals surface area (Å²) in [6.07, 6.45) is 0.892. The van der Waals surface area contributed by atoms with Gasteiger partial charge in [-0.3, -0.25) is 16.0 Å². The van der Waals surface area contributed by atoms with Gasteiger partial charge in [-0.15, -0.1) is 0 Å². The molecule has 0 amide bonds. The monoisotopic (exact) mass is 266 g/mol. The number of benzene rings is 1. The van der Waals surface area contributed by atoms with Crippen molar-refractivity contribution in [2.75, 3.05) is 17.3 Å². The number of hydrogen-bond donors (Lipinski definition) is 3. The normalized spacial score (nSPS) is 26.2. The van der Waals surface area contributed by atoms with E-state index in [4.69, 9.17) is 10.6 Å². The smallest absolute Gasteiger partial charge is 0.273 e. The lowest BCUT2D eigenvalue weighted by molar-refractivity contribution is -0.384. The second-order valence-corrected chi connectivity index (χ2v) is 4.98. The van der Waals surface area contributed by atoms with Gasteiger partial charge in [0.15, 0.2) is 0 Å². The van der Waals surface area contributed by atoms with E-state index in [1.807, 2.05) is 13.8 Å². The maximum absolute atomic E-state index is 10.9. The van der Waals surface area contributed by atoms with Crippen LogP contribution in [0.3, 0.4) is 0 Å². The van der Waals surface area contributed by atoms with Crippen LogP contribution in [0.4, 0.5) is 17.1 Å². The van der Waals surface area contributed by atoms with Crippen molar-refractivity contribution in [3.8, 4) is 0 Å². The number of hydrogen-bond acceptors (Lipinski definition) is 6. The summed E-state index contributed by atoms with van der Waals surface area (Å²) in [6, 6.07) is 4.63. The number of non-ortho nitro benzene ring substituents is 1. The highest BCUT2D eigenvalue weighted by Crippen LogP contribution is 2.32. The van der Waals surface area contributed by atoms with Gasteiger partial charge in [0.2, 0.25) is 0 Å². The Hall–Kier alpha value is -1.86. The zero-order valence-electron chi connectivity index (χ0n) is 11.0. The fourth-order valence-corrected chi connectivity index (χ4v) is 2.20. The molecule has 1 aliphatic rings. The summed E-state index contributed by atoms with van der Waals surface area (Å²) in [5.74, 6) is 5.33. The van der Waals surface area contributed by atoms with Gasteiger partial charge in [-0.1, -0.05) is 0 Å². The summed E-state index contributed by atoms with van der Waals surface area (Å²) in [7, 11) is 0. The third-order valence-corrected chi connectivity index (χ3v) is 3.61. The zero-order valence-corrected chi connectivity index (χ0v) is 11.0. The van der Waals surface area contributed by atoms with Crippen LogP contribution in [0.25, 0.3) is 0 Å². The minimum Gasteiger partial charge on any atom is -0.377 e. The number of nitrogens with one attached hydrogen (secondary N) is 2. The first-order valence-electron chi connectivity index (χ1n) is 6.10. The molecule has 2 atom stereocenters. The molecule has 2 rings (SSSR count). The molecule has 19 heavy (non-hydrogen) atoms. The summed E-state index contributed by atoms with van der Waals surface area (Å²) in [4.78, 5) is 10.4. The van der Waals surface area contributed by atoms with Crippen LogP contribution in [0.2, 0.25) is 0 Å². The average molecular weight is 266 g/mol. The number of nitrogens with two attached hydrogens (primary N) is 1. The van der Waals surface area contributed by atoms with Crippen molar-refractivity contribution in [2.45, 2.75) is 31.9 Å². The maximum atomic E-state index is 10.9. The molecular formula is C12H18N4O3. The largest absolute Gasteiger partial charge is 0.377 e. The molecule has 2 unspecified atom stereocenters. The molecule has 0 bridgehead atoms. The molecule has 0 aromatic heterocycles. The third kappa shape index (κ3) is 2.77. The van der Waals surface area contributed by atoms with Crippen molar-refractivity contribution in [1.82, 2.24) is 0 Å². The topological polar surface area (TPSA) is 102 Å². The van der Waals surface area contributed by atoms with Crippen LogP contribution < -0.4 is 16.6 Å². The molecule has 7 nitrogen and oxygen atoms in total. The van der Waals surface area contributed by atoms with E-state index in [2.05, 4.69) is 10.7 Å². The number of hydrazine groups is 1. The molecule has 0 aliphatic carbocycles. The molecule has 4 N–H and O–H groups in total. The van der Waals surface area contributed by atoms with E-state index in [0.717, 1.165) is 6.42 Å². The number of nitro benzene ring substituents is 1. The van der Waals surface area contributed by atoms with Crippen LogP contribution in [0.1, 0.15) is 20.3 Å². The Balaban J connectivity index is 2.29. The first-order valence-corrected chi connectivity index (χ1v) is 6.10. The highest BCUT2D eigenvalue weighted by Gasteiger charge is 2.37. The number of anilines is 2. The quantitative estimate of drug-likeness (QED) is 0.436. The van der Waals surface area contributed by atoms with Gasteiger partial charge >= 0.3 is 0 Å². The van der Waals surface area contributed by atoms with Crippen LogP contribution in [0.15, 0.2) is 18.2 Å². The van der Waals surface area contributed by atoms with Gasteiger partial charge in [0.1, 0.15) is 0 Å². The highest BCUT2D eigenvalue weighted by molar-refractivity contribution is 5.64. The van der Waals surface area contributed by atoms with Crippen molar-refractivity contribution >= 4 is 17.1 Å². The molecule has 1 saturated heterocycles. The van der Waals surface area contributed by atoms with E-state index in [9.17, 15) is 10.1 Å². The van der Waals surface area contributed by atoms with Gasteiger partial charge in [-0.05, 0) is 26.3 Å². The lowest BCUT2D eigenvalue weighted by atomic mass is 9.94. The summed E-state index contributed by atoms with van der Waals surface area (Å²) in [6.45, 7) is 4.71. The Morgan fingerprint density at radius 1 is 1.47 bits per heavy atom. The molecular weight excluding hydrogens is 248 g/mol. The second-order valence-electron chi connectivity index (χ2n) is 4.98. The van der Waals surface area contributed by atoms with Crippen LogP contribution in [-0.2, 0) is 4.74 Å². The van der Waals surface area contributed by atoms with Crippen molar-refractivity contribution in [3.05, 3.63) is 28.3 Å². The standard InChI is InChI=1S/C12H18N4O3/c1-8-12(2,3-4-19-8)14-9-5-10(15-13)7-11(6-9)16(17)18/h5-8,14-15H,3-4,13H2,1-2H3. The first kappa shape index (κ1) is 13.6. The predicted octanol–water partition coefficient (Wildman–Crippen LogP) is 1.86. The number of nitrogens with zero attached hydrogens (tertiary/aromatic N) is 1. The molecule has 1 aromatic rings. The second kappa shape index (κ2) is 5.02. The Morgan fingerprint density at radius 3 is 2.68 bits per heavy atom. The number of nitrogen functional groups attached to an aromatic ring is 1. The Labute approximate surface area is 111 Å². The van der Waals surface area contributed by atoms with Gasteiger partial charge in [-0.2, -0.15) is 0 Å². The fourth-order valence-electron chi connectivity index (χ4n) is 2.20. The first-order chi connectivity index (χ1) is 8.94. The third-order valence-electron chi connectivity index (χ3n) is 3.61. The molecule has 7 heteroatoms. The Kier molecular flexibility index (Phi) is 3.59. The zero-order chi connectivity index (χ0) is 14.0.